The van der Waals surface area contributed by atoms with E-state index < -0.39 is 12.1 Å². The van der Waals surface area contributed by atoms with Crippen molar-refractivity contribution in [2.45, 2.75) is 19.6 Å². The predicted octanol–water partition coefficient (Wildman–Crippen LogP) is 4.09. The van der Waals surface area contributed by atoms with Crippen molar-refractivity contribution < 1.29 is 14.3 Å². The lowest BCUT2D eigenvalue weighted by Gasteiger charge is -2.21. The molecule has 0 aliphatic carbocycles. The molecule has 3 rings (SSSR count). The van der Waals surface area contributed by atoms with E-state index in [1.807, 2.05) is 30.3 Å². The number of amides is 1. The SMILES string of the molecule is CC(OC(=O)c1ccc2nc(Cl)ccc2c1)C(=O)N(C)Cc1ccccc1. The number of hydrogen-bond acceptors (Lipinski definition) is 4. The standard InChI is InChI=1S/C21H19ClN2O3/c1-14(20(25)24(2)13-15-6-4-3-5-7-15)27-21(26)17-8-10-18-16(12-17)9-11-19(22)23-18/h3-12,14H,13H2,1-2H3. The second-order valence-corrected chi connectivity index (χ2v) is 6.66. The van der Waals surface area contributed by atoms with Crippen LogP contribution in [0.3, 0.4) is 0 Å². The predicted molar refractivity (Wildman–Crippen MR) is 105 cm³/mol. The van der Waals surface area contributed by atoms with Gasteiger partial charge in [0.15, 0.2) is 6.10 Å². The summed E-state index contributed by atoms with van der Waals surface area (Å²) in [5, 5.41) is 1.16. The lowest BCUT2D eigenvalue weighted by Crippen LogP contribution is -2.37. The first-order valence-corrected chi connectivity index (χ1v) is 8.88. The van der Waals surface area contributed by atoms with Crippen molar-refractivity contribution in [2.75, 3.05) is 7.05 Å². The summed E-state index contributed by atoms with van der Waals surface area (Å²) in [4.78, 5) is 30.6. The lowest BCUT2D eigenvalue weighted by molar-refractivity contribution is -0.139. The van der Waals surface area contributed by atoms with Crippen LogP contribution in [-0.2, 0) is 16.1 Å². The first kappa shape index (κ1) is 18.9. The topological polar surface area (TPSA) is 59.5 Å². The van der Waals surface area contributed by atoms with Crippen LogP contribution in [0.1, 0.15) is 22.8 Å². The molecule has 1 heterocycles. The maximum atomic E-state index is 12.5. The van der Waals surface area contributed by atoms with E-state index in [0.29, 0.717) is 22.8 Å². The Kier molecular flexibility index (Phi) is 5.72. The zero-order valence-corrected chi connectivity index (χ0v) is 15.8. The minimum absolute atomic E-state index is 0.263. The molecule has 6 heteroatoms. The maximum Gasteiger partial charge on any atom is 0.338 e. The van der Waals surface area contributed by atoms with E-state index in [2.05, 4.69) is 4.98 Å². The summed E-state index contributed by atoms with van der Waals surface area (Å²) in [6, 6.07) is 18.1. The van der Waals surface area contributed by atoms with Crippen LogP contribution in [0, 0.1) is 0 Å². The molecule has 1 aromatic heterocycles. The number of benzene rings is 2. The van der Waals surface area contributed by atoms with E-state index in [9.17, 15) is 9.59 Å². The van der Waals surface area contributed by atoms with E-state index >= 15 is 0 Å². The fourth-order valence-electron chi connectivity index (χ4n) is 2.75. The zero-order valence-electron chi connectivity index (χ0n) is 15.1. The summed E-state index contributed by atoms with van der Waals surface area (Å²) in [7, 11) is 1.69. The molecule has 0 aliphatic rings. The Morgan fingerprint density at radius 2 is 1.85 bits per heavy atom. The Morgan fingerprint density at radius 3 is 2.59 bits per heavy atom. The summed E-state index contributed by atoms with van der Waals surface area (Å²) >= 11 is 5.87. The Hall–Kier alpha value is -2.92. The van der Waals surface area contributed by atoms with Crippen molar-refractivity contribution in [3.8, 4) is 0 Å². The second-order valence-electron chi connectivity index (χ2n) is 6.27. The quantitative estimate of drug-likeness (QED) is 0.492. The van der Waals surface area contributed by atoms with Gasteiger partial charge in [0.2, 0.25) is 0 Å². The first-order valence-electron chi connectivity index (χ1n) is 8.50. The molecule has 1 unspecified atom stereocenters. The van der Waals surface area contributed by atoms with Crippen molar-refractivity contribution in [3.63, 3.8) is 0 Å². The lowest BCUT2D eigenvalue weighted by atomic mass is 10.1. The van der Waals surface area contributed by atoms with E-state index in [4.69, 9.17) is 16.3 Å². The second kappa shape index (κ2) is 8.18. The molecule has 0 saturated carbocycles. The number of carbonyl (C=O) groups excluding carboxylic acids is 2. The molecule has 0 fully saturated rings. The summed E-state index contributed by atoms with van der Waals surface area (Å²) < 4.78 is 5.35. The Balaban J connectivity index is 1.65. The fourth-order valence-corrected chi connectivity index (χ4v) is 2.91. The van der Waals surface area contributed by atoms with Crippen LogP contribution in [-0.4, -0.2) is 34.9 Å². The van der Waals surface area contributed by atoms with Gasteiger partial charge in [0, 0.05) is 19.0 Å². The number of nitrogens with zero attached hydrogens (tertiary/aromatic N) is 2. The highest BCUT2D eigenvalue weighted by Crippen LogP contribution is 2.18. The number of pyridine rings is 1. The van der Waals surface area contributed by atoms with Crippen molar-refractivity contribution in [3.05, 3.63) is 76.9 Å². The van der Waals surface area contributed by atoms with Crippen LogP contribution in [0.25, 0.3) is 10.9 Å². The van der Waals surface area contributed by atoms with E-state index in [1.165, 1.54) is 0 Å². The van der Waals surface area contributed by atoms with Gasteiger partial charge in [-0.05, 0) is 42.8 Å². The highest BCUT2D eigenvalue weighted by atomic mass is 35.5. The Labute approximate surface area is 162 Å². The number of halogens is 1. The first-order chi connectivity index (χ1) is 12.9. The monoisotopic (exact) mass is 382 g/mol. The van der Waals surface area contributed by atoms with Gasteiger partial charge in [-0.2, -0.15) is 0 Å². The molecule has 1 atom stereocenters. The Morgan fingerprint density at radius 1 is 1.11 bits per heavy atom. The fraction of sp³-hybridized carbons (Fsp3) is 0.190. The summed E-state index contributed by atoms with van der Waals surface area (Å²) in [5.74, 6) is -0.817. The minimum atomic E-state index is -0.884. The number of carbonyl (C=O) groups is 2. The minimum Gasteiger partial charge on any atom is -0.449 e. The van der Waals surface area contributed by atoms with Gasteiger partial charge < -0.3 is 9.64 Å². The summed E-state index contributed by atoms with van der Waals surface area (Å²) in [5.41, 5.74) is 2.05. The van der Waals surface area contributed by atoms with Crippen LogP contribution in [0.15, 0.2) is 60.7 Å². The van der Waals surface area contributed by atoms with Crippen LogP contribution in [0.5, 0.6) is 0 Å². The number of aromatic nitrogens is 1. The molecule has 0 spiro atoms. The van der Waals surface area contributed by atoms with E-state index in [1.54, 1.807) is 49.2 Å². The molecule has 5 nitrogen and oxygen atoms in total. The third kappa shape index (κ3) is 4.63. The van der Waals surface area contributed by atoms with Crippen molar-refractivity contribution in [1.29, 1.82) is 0 Å². The van der Waals surface area contributed by atoms with Crippen LogP contribution in [0.4, 0.5) is 0 Å². The van der Waals surface area contributed by atoms with Gasteiger partial charge in [0.05, 0.1) is 11.1 Å². The summed E-state index contributed by atoms with van der Waals surface area (Å²) in [6.07, 6.45) is -0.884. The molecule has 0 aliphatic heterocycles. The number of ether oxygens (including phenoxy) is 1. The smallest absolute Gasteiger partial charge is 0.338 e. The molecular formula is C21H19ClN2O3. The average Bonchev–Trinajstić information content (AvgIpc) is 2.67. The highest BCUT2D eigenvalue weighted by Gasteiger charge is 2.22. The molecular weight excluding hydrogens is 364 g/mol. The number of esters is 1. The molecule has 2 aromatic carbocycles. The largest absolute Gasteiger partial charge is 0.449 e. The van der Waals surface area contributed by atoms with E-state index in [0.717, 1.165) is 10.9 Å². The Bertz CT molecular complexity index is 976. The number of likely N-dealkylation sites (N-methyl/N-ethyl adjacent to an activating group) is 1. The van der Waals surface area contributed by atoms with Gasteiger partial charge >= 0.3 is 5.97 Å². The van der Waals surface area contributed by atoms with Crippen molar-refractivity contribution >= 4 is 34.4 Å². The number of rotatable bonds is 5. The zero-order chi connectivity index (χ0) is 19.4. The van der Waals surface area contributed by atoms with Gasteiger partial charge in [0.1, 0.15) is 5.15 Å². The van der Waals surface area contributed by atoms with Gasteiger partial charge in [-0.3, -0.25) is 4.79 Å². The van der Waals surface area contributed by atoms with Crippen molar-refractivity contribution in [1.82, 2.24) is 9.88 Å². The molecule has 0 bridgehead atoms. The molecule has 1 amide bonds. The maximum absolute atomic E-state index is 12.5. The normalized spacial score (nSPS) is 11.8. The van der Waals surface area contributed by atoms with Crippen molar-refractivity contribution in [2.24, 2.45) is 0 Å². The average molecular weight is 383 g/mol. The van der Waals surface area contributed by atoms with Crippen LogP contribution >= 0.6 is 11.6 Å². The molecule has 27 heavy (non-hydrogen) atoms. The van der Waals surface area contributed by atoms with Crippen LogP contribution in [0.2, 0.25) is 5.15 Å². The van der Waals surface area contributed by atoms with Crippen LogP contribution < -0.4 is 0 Å². The van der Waals surface area contributed by atoms with Gasteiger partial charge in [-0.15, -0.1) is 0 Å². The molecule has 0 saturated heterocycles. The summed E-state index contributed by atoms with van der Waals surface area (Å²) in [6.45, 7) is 2.02. The van der Waals surface area contributed by atoms with Gasteiger partial charge in [-0.25, -0.2) is 9.78 Å². The molecule has 0 N–H and O–H groups in total. The molecule has 0 radical (unpaired) electrons. The van der Waals surface area contributed by atoms with Gasteiger partial charge in [0.25, 0.3) is 5.91 Å². The third-order valence-electron chi connectivity index (χ3n) is 4.16. The molecule has 3 aromatic rings. The molecule has 138 valence electrons. The number of hydrogen-bond donors (Lipinski definition) is 0. The van der Waals surface area contributed by atoms with Gasteiger partial charge in [-0.1, -0.05) is 41.9 Å². The highest BCUT2D eigenvalue weighted by molar-refractivity contribution is 6.29. The number of fused-ring (bicyclic) bond motifs is 1. The van der Waals surface area contributed by atoms with E-state index in [-0.39, 0.29) is 5.91 Å². The third-order valence-corrected chi connectivity index (χ3v) is 4.37.